The lowest BCUT2D eigenvalue weighted by Crippen LogP contribution is -2.24. The molecule has 0 radical (unpaired) electrons. The molecule has 2 heterocycles. The third-order valence-electron chi connectivity index (χ3n) is 3.82. The van der Waals surface area contributed by atoms with Crippen LogP contribution >= 0.6 is 11.3 Å². The van der Waals surface area contributed by atoms with Gasteiger partial charge >= 0.3 is 0 Å². The Hall–Kier alpha value is -0.380. The monoisotopic (exact) mass is 237 g/mol. The van der Waals surface area contributed by atoms with E-state index in [2.05, 4.69) is 18.4 Å². The lowest BCUT2D eigenvalue weighted by atomic mass is 9.97. The molecule has 1 aromatic heterocycles. The Labute approximate surface area is 101 Å². The van der Waals surface area contributed by atoms with Crippen LogP contribution in [0.1, 0.15) is 34.2 Å². The van der Waals surface area contributed by atoms with Crippen LogP contribution in [-0.4, -0.2) is 20.3 Å². The molecule has 16 heavy (non-hydrogen) atoms. The minimum absolute atomic E-state index is 0.512. The van der Waals surface area contributed by atoms with Crippen LogP contribution in [0.15, 0.2) is 6.07 Å². The van der Waals surface area contributed by atoms with E-state index in [4.69, 9.17) is 4.74 Å². The Morgan fingerprint density at radius 3 is 3.12 bits per heavy atom. The Morgan fingerprint density at radius 2 is 2.44 bits per heavy atom. The van der Waals surface area contributed by atoms with Gasteiger partial charge in [-0.15, -0.1) is 11.3 Å². The van der Waals surface area contributed by atoms with Crippen molar-refractivity contribution in [3.63, 3.8) is 0 Å². The summed E-state index contributed by atoms with van der Waals surface area (Å²) in [5, 5.41) is 3.48. The molecule has 0 spiro atoms. The van der Waals surface area contributed by atoms with Gasteiger partial charge in [0.15, 0.2) is 0 Å². The molecule has 1 fully saturated rings. The van der Waals surface area contributed by atoms with E-state index >= 15 is 0 Å². The molecule has 3 rings (SSSR count). The zero-order valence-electron chi connectivity index (χ0n) is 9.79. The summed E-state index contributed by atoms with van der Waals surface area (Å²) in [5.41, 5.74) is 1.61. The molecular weight excluding hydrogens is 218 g/mol. The quantitative estimate of drug-likeness (QED) is 0.872. The molecule has 2 aliphatic rings. The van der Waals surface area contributed by atoms with Crippen LogP contribution in [0, 0.1) is 5.92 Å². The van der Waals surface area contributed by atoms with E-state index in [9.17, 15) is 0 Å². The molecule has 88 valence electrons. The summed E-state index contributed by atoms with van der Waals surface area (Å²) in [5.74, 6) is 0.670. The number of rotatable bonds is 3. The molecule has 2 atom stereocenters. The first-order chi connectivity index (χ1) is 7.88. The fourth-order valence-corrected chi connectivity index (χ4v) is 4.39. The van der Waals surface area contributed by atoms with Crippen molar-refractivity contribution in [2.24, 2.45) is 5.92 Å². The Bertz CT molecular complexity index is 347. The minimum atomic E-state index is 0.512. The second-order valence-corrected chi connectivity index (χ2v) is 6.01. The van der Waals surface area contributed by atoms with E-state index in [1.807, 2.05) is 11.3 Å². The van der Waals surface area contributed by atoms with Gasteiger partial charge in [0.2, 0.25) is 0 Å². The van der Waals surface area contributed by atoms with Gasteiger partial charge in [0.25, 0.3) is 0 Å². The van der Waals surface area contributed by atoms with E-state index in [-0.39, 0.29) is 0 Å². The zero-order valence-corrected chi connectivity index (χ0v) is 10.6. The van der Waals surface area contributed by atoms with Crippen molar-refractivity contribution >= 4 is 11.3 Å². The summed E-state index contributed by atoms with van der Waals surface area (Å²) in [6, 6.07) is 2.95. The van der Waals surface area contributed by atoms with Crippen molar-refractivity contribution < 1.29 is 4.74 Å². The van der Waals surface area contributed by atoms with Crippen LogP contribution in [-0.2, 0) is 17.6 Å². The molecule has 0 saturated carbocycles. The van der Waals surface area contributed by atoms with Gasteiger partial charge < -0.3 is 10.1 Å². The fraction of sp³-hybridized carbons (Fsp3) is 0.692. The van der Waals surface area contributed by atoms with Crippen LogP contribution < -0.4 is 5.32 Å². The van der Waals surface area contributed by atoms with Gasteiger partial charge in [0.1, 0.15) is 0 Å². The highest BCUT2D eigenvalue weighted by Gasteiger charge is 2.28. The smallest absolute Gasteiger partial charge is 0.0513 e. The number of ether oxygens (including phenoxy) is 1. The summed E-state index contributed by atoms with van der Waals surface area (Å²) in [7, 11) is 2.08. The van der Waals surface area contributed by atoms with Gasteiger partial charge in [-0.3, -0.25) is 0 Å². The summed E-state index contributed by atoms with van der Waals surface area (Å²) in [6.45, 7) is 1.86. The zero-order chi connectivity index (χ0) is 11.0. The van der Waals surface area contributed by atoms with Gasteiger partial charge in [-0.25, -0.2) is 0 Å². The van der Waals surface area contributed by atoms with Gasteiger partial charge in [0, 0.05) is 28.3 Å². The van der Waals surface area contributed by atoms with Crippen molar-refractivity contribution in [2.45, 2.75) is 31.7 Å². The Balaban J connectivity index is 1.82. The summed E-state index contributed by atoms with van der Waals surface area (Å²) in [6.07, 6.45) is 5.16. The first-order valence-corrected chi connectivity index (χ1v) is 7.06. The maximum absolute atomic E-state index is 5.50. The van der Waals surface area contributed by atoms with Crippen molar-refractivity contribution in [1.29, 1.82) is 0 Å². The Kier molecular flexibility index (Phi) is 3.01. The molecule has 1 aliphatic carbocycles. The largest absolute Gasteiger partial charge is 0.381 e. The van der Waals surface area contributed by atoms with E-state index in [1.165, 1.54) is 30.6 Å². The van der Waals surface area contributed by atoms with E-state index < -0.39 is 0 Å². The van der Waals surface area contributed by atoms with Crippen LogP contribution in [0.3, 0.4) is 0 Å². The average Bonchev–Trinajstić information content (AvgIpc) is 2.91. The maximum Gasteiger partial charge on any atom is 0.0513 e. The second kappa shape index (κ2) is 4.47. The number of thiophene rings is 1. The molecule has 1 saturated heterocycles. The van der Waals surface area contributed by atoms with Crippen LogP contribution in [0.2, 0.25) is 0 Å². The van der Waals surface area contributed by atoms with Crippen LogP contribution in [0.5, 0.6) is 0 Å². The lowest BCUT2D eigenvalue weighted by Gasteiger charge is -2.20. The van der Waals surface area contributed by atoms with Crippen molar-refractivity contribution in [3.05, 3.63) is 21.4 Å². The lowest BCUT2D eigenvalue weighted by molar-refractivity contribution is 0.178. The molecule has 0 bridgehead atoms. The highest BCUT2D eigenvalue weighted by molar-refractivity contribution is 7.12. The SMILES string of the molecule is CNC(c1cc2c(s1)CCC2)C1CCOC1. The number of fused-ring (bicyclic) bond motifs is 1. The topological polar surface area (TPSA) is 21.3 Å². The summed E-state index contributed by atoms with van der Waals surface area (Å²) < 4.78 is 5.50. The average molecular weight is 237 g/mol. The second-order valence-electron chi connectivity index (χ2n) is 4.84. The maximum atomic E-state index is 5.50. The molecular formula is C13H19NOS. The summed E-state index contributed by atoms with van der Waals surface area (Å²) >= 11 is 2.02. The van der Waals surface area contributed by atoms with E-state index in [1.54, 1.807) is 10.4 Å². The van der Waals surface area contributed by atoms with Crippen LogP contribution in [0.25, 0.3) is 0 Å². The summed E-state index contributed by atoms with van der Waals surface area (Å²) in [4.78, 5) is 3.16. The van der Waals surface area contributed by atoms with Gasteiger partial charge in [-0.05, 0) is 44.4 Å². The number of nitrogens with one attached hydrogen (secondary N) is 1. The van der Waals surface area contributed by atoms with E-state index in [0.29, 0.717) is 12.0 Å². The van der Waals surface area contributed by atoms with Gasteiger partial charge in [0.05, 0.1) is 6.61 Å². The standard InChI is InChI=1S/C13H19NOS/c1-14-13(10-5-6-15-8-10)12-7-9-3-2-4-11(9)16-12/h7,10,13-14H,2-6,8H2,1H3. The number of hydrogen-bond donors (Lipinski definition) is 1. The number of aryl methyl sites for hydroxylation is 2. The van der Waals surface area contributed by atoms with Crippen molar-refractivity contribution in [2.75, 3.05) is 20.3 Å². The van der Waals surface area contributed by atoms with Gasteiger partial charge in [-0.2, -0.15) is 0 Å². The van der Waals surface area contributed by atoms with E-state index in [0.717, 1.165) is 13.2 Å². The first kappa shape index (κ1) is 10.8. The third-order valence-corrected chi connectivity index (χ3v) is 5.14. The molecule has 1 N–H and O–H groups in total. The normalized spacial score (nSPS) is 25.9. The highest BCUT2D eigenvalue weighted by atomic mass is 32.1. The Morgan fingerprint density at radius 1 is 1.50 bits per heavy atom. The molecule has 2 unspecified atom stereocenters. The van der Waals surface area contributed by atoms with Gasteiger partial charge in [-0.1, -0.05) is 0 Å². The fourth-order valence-electron chi connectivity index (χ4n) is 2.93. The highest BCUT2D eigenvalue weighted by Crippen LogP contribution is 2.37. The van der Waals surface area contributed by atoms with Crippen LogP contribution in [0.4, 0.5) is 0 Å². The molecule has 0 amide bonds. The minimum Gasteiger partial charge on any atom is -0.381 e. The molecule has 2 nitrogen and oxygen atoms in total. The first-order valence-electron chi connectivity index (χ1n) is 6.25. The van der Waals surface area contributed by atoms with Crippen molar-refractivity contribution in [3.8, 4) is 0 Å². The van der Waals surface area contributed by atoms with Crippen molar-refractivity contribution in [1.82, 2.24) is 5.32 Å². The molecule has 1 aromatic rings. The number of hydrogen-bond acceptors (Lipinski definition) is 3. The molecule has 1 aliphatic heterocycles. The molecule has 3 heteroatoms. The predicted molar refractivity (Wildman–Crippen MR) is 67.1 cm³/mol. The third kappa shape index (κ3) is 1.81. The molecule has 0 aromatic carbocycles. The predicted octanol–water partition coefficient (Wildman–Crippen LogP) is 2.53.